The van der Waals surface area contributed by atoms with E-state index in [9.17, 15) is 46.7 Å². The van der Waals surface area contributed by atoms with Gasteiger partial charge in [0.1, 0.15) is 11.6 Å². The van der Waals surface area contributed by atoms with E-state index in [2.05, 4.69) is 102 Å². The van der Waals surface area contributed by atoms with Gasteiger partial charge in [-0.15, -0.1) is 0 Å². The van der Waals surface area contributed by atoms with Crippen molar-refractivity contribution in [3.63, 3.8) is 0 Å². The summed E-state index contributed by atoms with van der Waals surface area (Å²) < 4.78 is 44.6. The first-order chi connectivity index (χ1) is 47.4. The molecule has 15 nitrogen and oxygen atoms in total. The highest BCUT2D eigenvalue weighted by Crippen LogP contribution is 2.22. The lowest BCUT2D eigenvalue weighted by molar-refractivity contribution is -0.116. The van der Waals surface area contributed by atoms with Crippen molar-refractivity contribution in [2.24, 2.45) is 0 Å². The van der Waals surface area contributed by atoms with Gasteiger partial charge in [0.05, 0.1) is 7.11 Å². The summed E-state index contributed by atoms with van der Waals surface area (Å²) in [5.74, 6) is -2.36. The number of methoxy groups -OCH3 is 1. The SMILES string of the molecule is CNC(=O)/C=C/c1ccc(C)c(C)c1.CNC(=O)/C=C/c1ccc(C)c(C)c1.CNC(=O)/C=C/c1ccc(C)c(Cl)c1.CNC(=O)/C=C/c1ccc(C)c(F)c1.CNC(=O)/C=C/c1ccc(C)c(F)c1F.CNC(=O)/C=C/c1ccc(C)cc1C.CNC(=O)/C=C/c1ccc(C)cc1OC. The van der Waals surface area contributed by atoms with Gasteiger partial charge >= 0.3 is 0 Å². The highest BCUT2D eigenvalue weighted by Gasteiger charge is 2.09. The molecule has 7 rings (SSSR count). The number of ether oxygens (including phenoxy) is 1. The van der Waals surface area contributed by atoms with E-state index in [0.29, 0.717) is 16.1 Å². The summed E-state index contributed by atoms with van der Waals surface area (Å²) in [7, 11) is 12.7. The average molecular weight is 1390 g/mol. The summed E-state index contributed by atoms with van der Waals surface area (Å²) in [6.45, 7) is 19.5. The standard InChI is InChI=1S/C12H15NO2.3C12H15NO.C11H12ClNO.C11H11F2NO.C11H12FNO/c1-9-4-5-10(11(8-9)15-3)6-7-12(14)13-2;2*1-9-4-5-11(8-10(9)2)6-7-12(14)13-3;1-9-4-5-11(10(2)8-9)6-7-12(14)13-3;1-8-3-4-9(7-10(8)12)5-6-11(14)13-2;1-7-3-4-8(11(13)10(7)12)5-6-9(15)14-2;1-8-3-4-9(7-10(8)12)5-6-11(14)13-2/h4-8H,1-3H3,(H,13,14);3*4-8H,1-3H3,(H,13,14);3-7H,1-2H3,(H,13,14);3-6H,1-2H3,(H,14,15);3-7H,1-2H3,(H,13,14)/b4*7-6+;3*6-5+. The van der Waals surface area contributed by atoms with Gasteiger partial charge in [-0.2, -0.15) is 0 Å². The minimum Gasteiger partial charge on any atom is -0.496 e. The molecule has 0 unspecified atom stereocenters. The number of benzene rings is 7. The van der Waals surface area contributed by atoms with Crippen LogP contribution in [0.15, 0.2) is 164 Å². The molecule has 0 aromatic heterocycles. The maximum absolute atomic E-state index is 13.3. The maximum atomic E-state index is 13.3. The van der Waals surface area contributed by atoms with Gasteiger partial charge in [-0.3, -0.25) is 33.6 Å². The highest BCUT2D eigenvalue weighted by molar-refractivity contribution is 6.31. The van der Waals surface area contributed by atoms with E-state index >= 15 is 0 Å². The smallest absolute Gasteiger partial charge is 0.243 e. The summed E-state index contributed by atoms with van der Waals surface area (Å²) >= 11 is 5.93. The fourth-order valence-electron chi connectivity index (χ4n) is 7.69. The van der Waals surface area contributed by atoms with Crippen molar-refractivity contribution >= 4 is 95.5 Å². The number of halogens is 4. The van der Waals surface area contributed by atoms with Crippen molar-refractivity contribution in [2.45, 2.75) is 69.2 Å². The lowest BCUT2D eigenvalue weighted by Gasteiger charge is -2.05. The number of rotatable bonds is 15. The first-order valence-corrected chi connectivity index (χ1v) is 31.9. The van der Waals surface area contributed by atoms with E-state index in [1.807, 2.05) is 99.7 Å². The van der Waals surface area contributed by atoms with Crippen LogP contribution in [-0.2, 0) is 33.6 Å². The van der Waals surface area contributed by atoms with Crippen molar-refractivity contribution in [1.82, 2.24) is 37.2 Å². The van der Waals surface area contributed by atoms with Crippen LogP contribution in [0.1, 0.15) is 94.6 Å². The Morgan fingerprint density at radius 2 is 0.620 bits per heavy atom. The highest BCUT2D eigenvalue weighted by atomic mass is 35.5. The monoisotopic (exact) mass is 1390 g/mol. The number of amides is 7. The van der Waals surface area contributed by atoms with Gasteiger partial charge < -0.3 is 42.0 Å². The molecule has 0 aliphatic rings. The molecule has 0 spiro atoms. The lowest BCUT2D eigenvalue weighted by Crippen LogP contribution is -2.13. The van der Waals surface area contributed by atoms with E-state index in [4.69, 9.17) is 16.3 Å². The second kappa shape index (κ2) is 47.7. The van der Waals surface area contributed by atoms with Gasteiger partial charge in [0.2, 0.25) is 41.4 Å². The summed E-state index contributed by atoms with van der Waals surface area (Å²) in [5.41, 5.74) is 16.2. The Kier molecular flexibility index (Phi) is 41.5. The van der Waals surface area contributed by atoms with Crippen molar-refractivity contribution in [1.29, 1.82) is 0 Å². The zero-order valence-corrected chi connectivity index (χ0v) is 61.2. The minimum absolute atomic E-state index is 0.0571. The van der Waals surface area contributed by atoms with E-state index in [1.165, 1.54) is 108 Å². The molecule has 530 valence electrons. The third-order valence-corrected chi connectivity index (χ3v) is 14.7. The fraction of sp³-hybridized carbons (Fsp3) is 0.222. The van der Waals surface area contributed by atoms with Crippen molar-refractivity contribution in [3.05, 3.63) is 281 Å². The molecule has 0 heterocycles. The molecule has 7 amide bonds. The molecule has 0 aliphatic heterocycles. The van der Waals surface area contributed by atoms with Gasteiger partial charge in [-0.25, -0.2) is 13.2 Å². The quantitative estimate of drug-likeness (QED) is 0.0490. The molecule has 100 heavy (non-hydrogen) atoms. The second-order valence-electron chi connectivity index (χ2n) is 22.0. The Bertz CT molecular complexity index is 3820. The van der Waals surface area contributed by atoms with Crippen LogP contribution in [0.4, 0.5) is 13.2 Å². The molecule has 0 saturated heterocycles. The number of hydrogen-bond donors (Lipinski definition) is 7. The van der Waals surface area contributed by atoms with Gasteiger partial charge in [-0.05, 0) is 208 Å². The van der Waals surface area contributed by atoms with Crippen LogP contribution < -0.4 is 42.0 Å². The zero-order valence-electron chi connectivity index (χ0n) is 60.4. The number of hydrogen-bond acceptors (Lipinski definition) is 8. The van der Waals surface area contributed by atoms with Crippen LogP contribution in [0.3, 0.4) is 0 Å². The van der Waals surface area contributed by atoms with Crippen molar-refractivity contribution in [2.75, 3.05) is 56.4 Å². The maximum Gasteiger partial charge on any atom is 0.243 e. The van der Waals surface area contributed by atoms with Gasteiger partial charge in [0.25, 0.3) is 0 Å². The van der Waals surface area contributed by atoms with E-state index in [1.54, 1.807) is 86.7 Å². The van der Waals surface area contributed by atoms with Gasteiger partial charge in [0, 0.05) is 108 Å². The number of nitrogens with one attached hydrogen (secondary N) is 7. The molecule has 7 aromatic carbocycles. The van der Waals surface area contributed by atoms with E-state index in [-0.39, 0.29) is 58.3 Å². The number of carbonyl (C=O) groups is 7. The topological polar surface area (TPSA) is 213 Å². The van der Waals surface area contributed by atoms with Crippen molar-refractivity contribution < 1.29 is 51.5 Å². The van der Waals surface area contributed by atoms with Gasteiger partial charge in [0.15, 0.2) is 11.6 Å². The van der Waals surface area contributed by atoms with Gasteiger partial charge in [-0.1, -0.05) is 120 Å². The average Bonchev–Trinajstić information content (AvgIpc) is 0.864. The van der Waals surface area contributed by atoms with E-state index < -0.39 is 11.6 Å². The summed E-state index contributed by atoms with van der Waals surface area (Å²) in [4.78, 5) is 76.4. The molecule has 19 heteroatoms. The largest absolute Gasteiger partial charge is 0.496 e. The first kappa shape index (κ1) is 86.9. The van der Waals surface area contributed by atoms with Crippen LogP contribution in [-0.4, -0.2) is 97.8 Å². The Morgan fingerprint density at radius 3 is 0.980 bits per heavy atom. The third kappa shape index (κ3) is 35.2. The molecule has 0 aliphatic carbocycles. The Labute approximate surface area is 593 Å². The molecular weight excluding hydrogens is 1290 g/mol. The molecule has 0 atom stereocenters. The molecule has 0 fully saturated rings. The van der Waals surface area contributed by atoms with Crippen LogP contribution in [0.25, 0.3) is 42.5 Å². The summed E-state index contributed by atoms with van der Waals surface area (Å²) in [5, 5.41) is 18.1. The number of carbonyl (C=O) groups excluding carboxylic acids is 7. The number of likely N-dealkylation sites (N-methyl/N-ethyl adjacent to an activating group) is 7. The molecule has 7 aromatic rings. The molecule has 7 N–H and O–H groups in total. The van der Waals surface area contributed by atoms with Crippen molar-refractivity contribution in [3.8, 4) is 5.75 Å². The summed E-state index contributed by atoms with van der Waals surface area (Å²) in [6.07, 6.45) is 21.8. The fourth-order valence-corrected chi connectivity index (χ4v) is 7.88. The van der Waals surface area contributed by atoms with Crippen LogP contribution >= 0.6 is 11.6 Å². The minimum atomic E-state index is -0.935. The number of aryl methyl sites for hydroxylation is 10. The van der Waals surface area contributed by atoms with E-state index in [0.717, 1.165) is 50.8 Å². The second-order valence-corrected chi connectivity index (χ2v) is 22.5. The Balaban J connectivity index is 0.000000583. The Hall–Kier alpha value is -11.1. The summed E-state index contributed by atoms with van der Waals surface area (Å²) in [6, 6.07) is 37.6. The van der Waals surface area contributed by atoms with Crippen LogP contribution in [0, 0.1) is 86.7 Å². The molecule has 0 radical (unpaired) electrons. The third-order valence-electron chi connectivity index (χ3n) is 14.2. The molecule has 0 bridgehead atoms. The molecule has 0 saturated carbocycles. The normalized spacial score (nSPS) is 10.5. The first-order valence-electron chi connectivity index (χ1n) is 31.5. The predicted molar refractivity (Wildman–Crippen MR) is 406 cm³/mol. The molecular formula is C81H95ClF3N7O8. The predicted octanol–water partition coefficient (Wildman–Crippen LogP) is 14.3. The van der Waals surface area contributed by atoms with Crippen LogP contribution in [0.5, 0.6) is 5.75 Å². The lowest BCUT2D eigenvalue weighted by atomic mass is 10.1. The zero-order chi connectivity index (χ0) is 75.4. The van der Waals surface area contributed by atoms with Crippen LogP contribution in [0.2, 0.25) is 5.02 Å². The Morgan fingerprint density at radius 1 is 0.310 bits per heavy atom.